The molecule has 0 saturated heterocycles. The van der Waals surface area contributed by atoms with E-state index in [1.165, 1.54) is 6.07 Å². The number of nitrogens with one attached hydrogen (secondary N) is 1. The first kappa shape index (κ1) is 29.4. The van der Waals surface area contributed by atoms with E-state index in [0.717, 1.165) is 17.7 Å². The van der Waals surface area contributed by atoms with Crippen molar-refractivity contribution in [3.8, 4) is 11.1 Å². The molecule has 220 valence electrons. The quantitative estimate of drug-likeness (QED) is 0.190. The molecule has 0 saturated carbocycles. The third-order valence-corrected chi connectivity index (χ3v) is 7.97. The number of aryl methyl sites for hydroxylation is 1. The number of fused-ring (bicyclic) bond motifs is 1. The van der Waals surface area contributed by atoms with Gasteiger partial charge in [-0.15, -0.1) is 0 Å². The van der Waals surface area contributed by atoms with Crippen LogP contribution in [-0.2, 0) is 23.9 Å². The van der Waals surface area contributed by atoms with Gasteiger partial charge in [-0.3, -0.25) is 4.79 Å². The zero-order valence-corrected chi connectivity index (χ0v) is 24.7. The number of amides is 1. The Bertz CT molecular complexity index is 2010. The zero-order valence-electron chi connectivity index (χ0n) is 23.2. The summed E-state index contributed by atoms with van der Waals surface area (Å²) in [6.45, 7) is 0. The van der Waals surface area contributed by atoms with E-state index in [4.69, 9.17) is 23.2 Å². The van der Waals surface area contributed by atoms with E-state index in [0.29, 0.717) is 43.3 Å². The lowest BCUT2D eigenvalue weighted by Crippen LogP contribution is -2.31. The fraction of sp³-hybridized carbons (Fsp3) is 0.0882. The van der Waals surface area contributed by atoms with E-state index in [9.17, 15) is 18.7 Å². The van der Waals surface area contributed by atoms with E-state index >= 15 is 0 Å². The third kappa shape index (κ3) is 5.55. The number of hydrogen-bond donors (Lipinski definition) is 2. The van der Waals surface area contributed by atoms with Crippen LogP contribution in [0.2, 0.25) is 10.0 Å². The summed E-state index contributed by atoms with van der Waals surface area (Å²) in [6, 6.07) is 24.5. The van der Waals surface area contributed by atoms with E-state index in [-0.39, 0.29) is 11.4 Å². The minimum atomic E-state index is -1.62. The number of aromatic nitrogens is 3. The van der Waals surface area contributed by atoms with Crippen LogP contribution < -0.4 is 5.32 Å². The lowest BCUT2D eigenvalue weighted by molar-refractivity contribution is -0.115. The predicted octanol–water partition coefficient (Wildman–Crippen LogP) is 7.69. The molecule has 6 aromatic rings. The second-order valence-corrected chi connectivity index (χ2v) is 11.2. The molecule has 2 aromatic heterocycles. The largest absolute Gasteiger partial charge is 0.374 e. The van der Waals surface area contributed by atoms with Gasteiger partial charge in [-0.05, 0) is 76.9 Å². The van der Waals surface area contributed by atoms with E-state index in [2.05, 4.69) is 15.3 Å². The molecule has 1 unspecified atom stereocenters. The average molecular weight is 629 g/mol. The number of anilines is 1. The predicted molar refractivity (Wildman–Crippen MR) is 168 cm³/mol. The van der Waals surface area contributed by atoms with Crippen molar-refractivity contribution in [2.24, 2.45) is 7.05 Å². The second-order valence-electron chi connectivity index (χ2n) is 10.3. The lowest BCUT2D eigenvalue weighted by atomic mass is 9.82. The van der Waals surface area contributed by atoms with Crippen LogP contribution in [0.25, 0.3) is 22.0 Å². The van der Waals surface area contributed by atoms with Crippen molar-refractivity contribution < 1.29 is 18.7 Å². The first-order valence-corrected chi connectivity index (χ1v) is 14.3. The van der Waals surface area contributed by atoms with Crippen LogP contribution in [0.1, 0.15) is 22.4 Å². The van der Waals surface area contributed by atoms with Gasteiger partial charge < -0.3 is 15.0 Å². The molecular weight excluding hydrogens is 605 g/mol. The molecule has 6 nitrogen and oxygen atoms in total. The van der Waals surface area contributed by atoms with Gasteiger partial charge in [0.15, 0.2) is 5.60 Å². The van der Waals surface area contributed by atoms with Gasteiger partial charge >= 0.3 is 0 Å². The molecule has 0 bridgehead atoms. The van der Waals surface area contributed by atoms with Gasteiger partial charge in [0.25, 0.3) is 0 Å². The molecular formula is C34H24Cl2F2N4O2. The molecule has 0 aliphatic carbocycles. The highest BCUT2D eigenvalue weighted by Crippen LogP contribution is 2.40. The van der Waals surface area contributed by atoms with E-state index in [1.807, 2.05) is 12.1 Å². The van der Waals surface area contributed by atoms with Gasteiger partial charge in [0.05, 0.1) is 30.2 Å². The van der Waals surface area contributed by atoms with Gasteiger partial charge in [0, 0.05) is 28.0 Å². The standard InChI is InChI=1S/C34H24Cl2F2N4O2/c1-42-19-39-18-31(42)34(44,21-8-11-23(35)12-9-21)22-10-13-30-26(15-22)25(20-4-2-5-24(36)14-20)16-32(40-30)41-33(43)17-27-28(37)6-3-7-29(27)38/h2-16,18-19,44H,17H2,1H3,(H,40,41,43). The molecule has 4 aromatic carbocycles. The second kappa shape index (κ2) is 11.8. The van der Waals surface area contributed by atoms with Crippen LogP contribution in [0.3, 0.4) is 0 Å². The summed E-state index contributed by atoms with van der Waals surface area (Å²) in [5.74, 6) is -2.06. The number of imidazole rings is 1. The number of halogens is 4. The van der Waals surface area contributed by atoms with Crippen LogP contribution in [-0.4, -0.2) is 25.5 Å². The number of carbonyl (C=O) groups is 1. The number of nitrogens with zero attached hydrogens (tertiary/aromatic N) is 3. The zero-order chi connectivity index (χ0) is 31.0. The summed E-state index contributed by atoms with van der Waals surface area (Å²) in [7, 11) is 1.80. The topological polar surface area (TPSA) is 80.0 Å². The first-order valence-electron chi connectivity index (χ1n) is 13.5. The molecule has 2 heterocycles. The van der Waals surface area contributed by atoms with E-state index in [1.54, 1.807) is 84.8 Å². The van der Waals surface area contributed by atoms with Crippen molar-refractivity contribution in [1.82, 2.24) is 14.5 Å². The van der Waals surface area contributed by atoms with Crippen molar-refractivity contribution in [3.05, 3.63) is 148 Å². The van der Waals surface area contributed by atoms with Crippen LogP contribution in [0.15, 0.2) is 104 Å². The highest BCUT2D eigenvalue weighted by Gasteiger charge is 2.37. The molecule has 6 rings (SSSR count). The third-order valence-electron chi connectivity index (χ3n) is 7.48. The molecule has 44 heavy (non-hydrogen) atoms. The minimum Gasteiger partial charge on any atom is -0.374 e. The van der Waals surface area contributed by atoms with Crippen LogP contribution in [0.4, 0.5) is 14.6 Å². The summed E-state index contributed by atoms with van der Waals surface area (Å²) < 4.78 is 30.1. The Morgan fingerprint density at radius 2 is 1.61 bits per heavy atom. The summed E-state index contributed by atoms with van der Waals surface area (Å²) in [5, 5.41) is 16.8. The lowest BCUT2D eigenvalue weighted by Gasteiger charge is -2.30. The molecule has 1 amide bonds. The molecule has 0 fully saturated rings. The summed E-state index contributed by atoms with van der Waals surface area (Å²) in [6.07, 6.45) is 2.70. The normalized spacial score (nSPS) is 12.7. The molecule has 2 N–H and O–H groups in total. The van der Waals surface area contributed by atoms with E-state index < -0.39 is 29.6 Å². The molecule has 1 atom stereocenters. The summed E-state index contributed by atoms with van der Waals surface area (Å²) in [4.78, 5) is 21.8. The Hall–Kier alpha value is -4.63. The summed E-state index contributed by atoms with van der Waals surface area (Å²) >= 11 is 12.5. The van der Waals surface area contributed by atoms with Gasteiger partial charge in [0.2, 0.25) is 5.91 Å². The Morgan fingerprint density at radius 3 is 2.30 bits per heavy atom. The molecule has 0 aliphatic heterocycles. The maximum atomic E-state index is 14.2. The fourth-order valence-corrected chi connectivity index (χ4v) is 5.63. The first-order chi connectivity index (χ1) is 21.1. The number of benzene rings is 4. The highest BCUT2D eigenvalue weighted by molar-refractivity contribution is 6.31. The maximum absolute atomic E-state index is 14.2. The van der Waals surface area contributed by atoms with Crippen molar-refractivity contribution in [2.75, 3.05) is 5.32 Å². The Labute approximate surface area is 261 Å². The molecule has 0 spiro atoms. The Kier molecular flexibility index (Phi) is 7.90. The van der Waals surface area contributed by atoms with Crippen LogP contribution in [0.5, 0.6) is 0 Å². The van der Waals surface area contributed by atoms with Gasteiger partial charge in [0.1, 0.15) is 17.5 Å². The van der Waals surface area contributed by atoms with Crippen molar-refractivity contribution in [2.45, 2.75) is 12.0 Å². The van der Waals surface area contributed by atoms with Crippen molar-refractivity contribution in [1.29, 1.82) is 0 Å². The molecule has 10 heteroatoms. The fourth-order valence-electron chi connectivity index (χ4n) is 5.32. The average Bonchev–Trinajstić information content (AvgIpc) is 3.44. The van der Waals surface area contributed by atoms with Gasteiger partial charge in [-0.25, -0.2) is 18.7 Å². The van der Waals surface area contributed by atoms with Crippen molar-refractivity contribution in [3.63, 3.8) is 0 Å². The smallest absolute Gasteiger partial charge is 0.230 e. The minimum absolute atomic E-state index is 0.182. The maximum Gasteiger partial charge on any atom is 0.230 e. The Balaban J connectivity index is 1.49. The molecule has 0 aliphatic rings. The van der Waals surface area contributed by atoms with Gasteiger partial charge in [-0.1, -0.05) is 59.6 Å². The van der Waals surface area contributed by atoms with Crippen LogP contribution >= 0.6 is 23.2 Å². The van der Waals surface area contributed by atoms with Crippen molar-refractivity contribution >= 4 is 45.8 Å². The SMILES string of the molecule is Cn1cncc1C(O)(c1ccc(Cl)cc1)c1ccc2nc(NC(=O)Cc3c(F)cccc3F)cc(-c3cccc(Cl)c3)c2c1. The number of pyridine rings is 1. The van der Waals surface area contributed by atoms with Crippen LogP contribution in [0, 0.1) is 11.6 Å². The number of aliphatic hydroxyl groups is 1. The monoisotopic (exact) mass is 628 g/mol. The Morgan fingerprint density at radius 1 is 0.909 bits per heavy atom. The molecule has 0 radical (unpaired) electrons. The number of rotatable bonds is 7. The number of hydrogen-bond acceptors (Lipinski definition) is 4. The van der Waals surface area contributed by atoms with Gasteiger partial charge in [-0.2, -0.15) is 0 Å². The number of carbonyl (C=O) groups excluding carboxylic acids is 1. The summed E-state index contributed by atoms with van der Waals surface area (Å²) in [5.41, 5.74) is 1.58. The highest BCUT2D eigenvalue weighted by atomic mass is 35.5.